The number of nitrogens with zero attached hydrogens (tertiary/aromatic N) is 2. The third kappa shape index (κ3) is 4.52. The van der Waals surface area contributed by atoms with E-state index in [-0.39, 0.29) is 5.57 Å². The molecule has 0 bridgehead atoms. The molecule has 0 spiro atoms. The van der Waals surface area contributed by atoms with Gasteiger partial charge in [0.25, 0.3) is 0 Å². The van der Waals surface area contributed by atoms with Crippen molar-refractivity contribution in [3.05, 3.63) is 11.1 Å². The van der Waals surface area contributed by atoms with Crippen molar-refractivity contribution in [3.63, 3.8) is 0 Å². The first-order valence-electron chi connectivity index (χ1n) is 6.07. The number of carbonyl (C=O) groups is 2. The molecular weight excluding hydrogens is 275 g/mol. The summed E-state index contributed by atoms with van der Waals surface area (Å²) in [6.07, 6.45) is -4.54. The molecule has 0 aliphatic carbocycles. The number of nitrogens with one attached hydrogen (secondary N) is 1. The predicted molar refractivity (Wildman–Crippen MR) is 66.9 cm³/mol. The third-order valence-corrected chi connectivity index (χ3v) is 3.01. The number of hydrogen-bond donors (Lipinski definition) is 1. The van der Waals surface area contributed by atoms with Crippen LogP contribution in [-0.2, 0) is 9.59 Å². The predicted octanol–water partition coefficient (Wildman–Crippen LogP) is 0.385. The molecule has 0 aromatic heterocycles. The van der Waals surface area contributed by atoms with Gasteiger partial charge in [0.05, 0.1) is 0 Å². The van der Waals surface area contributed by atoms with Crippen LogP contribution in [0.1, 0.15) is 6.92 Å². The van der Waals surface area contributed by atoms with Crippen molar-refractivity contribution >= 4 is 11.8 Å². The van der Waals surface area contributed by atoms with E-state index in [9.17, 15) is 22.8 Å². The molecule has 0 unspecified atom stereocenters. The molecule has 2 amide bonds. The van der Waals surface area contributed by atoms with Crippen LogP contribution in [0, 0.1) is 0 Å². The minimum atomic E-state index is -4.54. The fourth-order valence-corrected chi connectivity index (χ4v) is 1.62. The summed E-state index contributed by atoms with van der Waals surface area (Å²) >= 11 is 0. The summed E-state index contributed by atoms with van der Waals surface area (Å²) in [7, 11) is 2.86. The van der Waals surface area contributed by atoms with Crippen molar-refractivity contribution in [2.24, 2.45) is 0 Å². The van der Waals surface area contributed by atoms with Crippen molar-refractivity contribution in [1.82, 2.24) is 15.1 Å². The lowest BCUT2D eigenvalue weighted by Crippen LogP contribution is -2.46. The maximum absolute atomic E-state index is 12.5. The van der Waals surface area contributed by atoms with Gasteiger partial charge in [0.1, 0.15) is 13.1 Å². The second-order valence-electron chi connectivity index (χ2n) is 4.90. The fourth-order valence-electron chi connectivity index (χ4n) is 1.62. The molecule has 1 heterocycles. The van der Waals surface area contributed by atoms with E-state index in [1.807, 2.05) is 0 Å². The number of hydrogen-bond acceptors (Lipinski definition) is 3. The van der Waals surface area contributed by atoms with E-state index >= 15 is 0 Å². The van der Waals surface area contributed by atoms with E-state index < -0.39 is 31.1 Å². The van der Waals surface area contributed by atoms with Crippen LogP contribution in [0.4, 0.5) is 13.2 Å². The minimum absolute atomic E-state index is 0.277. The molecule has 1 aliphatic rings. The van der Waals surface area contributed by atoms with Gasteiger partial charge in [0.2, 0.25) is 11.8 Å². The Morgan fingerprint density at radius 2 is 1.80 bits per heavy atom. The lowest BCUT2D eigenvalue weighted by molar-refractivity contribution is -0.161. The Bertz CT molecular complexity index is 424. The molecule has 1 rings (SSSR count). The van der Waals surface area contributed by atoms with Gasteiger partial charge in [-0.1, -0.05) is 0 Å². The van der Waals surface area contributed by atoms with Crippen LogP contribution >= 0.6 is 0 Å². The minimum Gasteiger partial charge on any atom is -0.347 e. The van der Waals surface area contributed by atoms with Crippen LogP contribution in [0.25, 0.3) is 0 Å². The van der Waals surface area contributed by atoms with Crippen molar-refractivity contribution in [2.75, 3.05) is 40.3 Å². The van der Waals surface area contributed by atoms with Crippen LogP contribution in [-0.4, -0.2) is 68.1 Å². The number of halogens is 3. The van der Waals surface area contributed by atoms with Gasteiger partial charge >= 0.3 is 6.18 Å². The molecular formula is C12H18F3N3O2. The van der Waals surface area contributed by atoms with Crippen molar-refractivity contribution in [1.29, 1.82) is 0 Å². The fraction of sp³-hybridized carbons (Fsp3) is 0.667. The average molecular weight is 293 g/mol. The monoisotopic (exact) mass is 293 g/mol. The Morgan fingerprint density at radius 1 is 1.25 bits per heavy atom. The molecule has 114 valence electrons. The number of alkyl halides is 3. The zero-order valence-electron chi connectivity index (χ0n) is 11.7. The van der Waals surface area contributed by atoms with Crippen LogP contribution in [0.15, 0.2) is 11.1 Å². The first kappa shape index (κ1) is 16.5. The van der Waals surface area contributed by atoms with Gasteiger partial charge in [0, 0.05) is 32.8 Å². The van der Waals surface area contributed by atoms with E-state index in [2.05, 4.69) is 5.32 Å². The standard InChI is InChI=1S/C12H18F3N3O2/c1-8(9-4-16-5-9)11(20)18(7-12(13,14)15)6-10(19)17(2)3/h16H,4-7H2,1-3H3. The van der Waals surface area contributed by atoms with Crippen LogP contribution in [0.3, 0.4) is 0 Å². The Morgan fingerprint density at radius 3 is 2.15 bits per heavy atom. The highest BCUT2D eigenvalue weighted by Gasteiger charge is 2.35. The second-order valence-corrected chi connectivity index (χ2v) is 4.90. The van der Waals surface area contributed by atoms with Crippen LogP contribution in [0.5, 0.6) is 0 Å². The van der Waals surface area contributed by atoms with Crippen molar-refractivity contribution in [2.45, 2.75) is 13.1 Å². The normalized spacial score (nSPS) is 14.6. The van der Waals surface area contributed by atoms with Gasteiger partial charge in [-0.15, -0.1) is 0 Å². The van der Waals surface area contributed by atoms with E-state index in [1.54, 1.807) is 0 Å². The SMILES string of the molecule is CC(C(=O)N(CC(=O)N(C)C)CC(F)(F)F)=C1CNC1. The molecule has 1 aliphatic heterocycles. The summed E-state index contributed by atoms with van der Waals surface area (Å²) in [4.78, 5) is 25.3. The highest BCUT2D eigenvalue weighted by Crippen LogP contribution is 2.19. The summed E-state index contributed by atoms with van der Waals surface area (Å²) in [5.41, 5.74) is 1.05. The van der Waals surface area contributed by atoms with Crippen LogP contribution in [0.2, 0.25) is 0 Å². The quantitative estimate of drug-likeness (QED) is 0.763. The van der Waals surface area contributed by atoms with Gasteiger partial charge in [0.15, 0.2) is 0 Å². The largest absolute Gasteiger partial charge is 0.406 e. The molecule has 20 heavy (non-hydrogen) atoms. The molecule has 0 aromatic carbocycles. The Labute approximate surface area is 115 Å². The third-order valence-electron chi connectivity index (χ3n) is 3.01. The maximum atomic E-state index is 12.5. The van der Waals surface area contributed by atoms with E-state index in [0.29, 0.717) is 18.0 Å². The lowest BCUT2D eigenvalue weighted by atomic mass is 10.0. The van der Waals surface area contributed by atoms with Crippen molar-refractivity contribution in [3.8, 4) is 0 Å². The first-order valence-corrected chi connectivity index (χ1v) is 6.07. The number of carbonyl (C=O) groups excluding carboxylic acids is 2. The molecule has 1 fully saturated rings. The highest BCUT2D eigenvalue weighted by atomic mass is 19.4. The van der Waals surface area contributed by atoms with E-state index in [0.717, 1.165) is 10.5 Å². The molecule has 1 saturated heterocycles. The second kappa shape index (κ2) is 6.25. The maximum Gasteiger partial charge on any atom is 0.406 e. The average Bonchev–Trinajstić information content (AvgIpc) is 2.22. The molecule has 5 nitrogen and oxygen atoms in total. The molecule has 0 saturated carbocycles. The highest BCUT2D eigenvalue weighted by molar-refractivity contribution is 5.96. The smallest absolute Gasteiger partial charge is 0.347 e. The number of rotatable bonds is 4. The summed E-state index contributed by atoms with van der Waals surface area (Å²) in [6.45, 7) is 0.479. The Balaban J connectivity index is 2.86. The van der Waals surface area contributed by atoms with E-state index in [4.69, 9.17) is 0 Å². The topological polar surface area (TPSA) is 52.7 Å². The summed E-state index contributed by atoms with van der Waals surface area (Å²) < 4.78 is 37.6. The van der Waals surface area contributed by atoms with Gasteiger partial charge in [-0.3, -0.25) is 9.59 Å². The number of amides is 2. The molecule has 8 heteroatoms. The molecule has 1 N–H and O–H groups in total. The van der Waals surface area contributed by atoms with Gasteiger partial charge in [-0.2, -0.15) is 13.2 Å². The van der Waals surface area contributed by atoms with Crippen LogP contribution < -0.4 is 5.32 Å². The van der Waals surface area contributed by atoms with Crippen molar-refractivity contribution < 1.29 is 22.8 Å². The van der Waals surface area contributed by atoms with Gasteiger partial charge in [-0.05, 0) is 12.5 Å². The lowest BCUT2D eigenvalue weighted by Gasteiger charge is -2.28. The molecule has 0 atom stereocenters. The first-order chi connectivity index (χ1) is 9.11. The van der Waals surface area contributed by atoms with Gasteiger partial charge in [-0.25, -0.2) is 0 Å². The summed E-state index contributed by atoms with van der Waals surface area (Å²) in [5, 5.41) is 2.92. The van der Waals surface area contributed by atoms with Gasteiger partial charge < -0.3 is 15.1 Å². The summed E-state index contributed by atoms with van der Waals surface area (Å²) in [6, 6.07) is 0. The Kier molecular flexibility index (Phi) is 5.15. The number of likely N-dealkylation sites (N-methyl/N-ethyl adjacent to an activating group) is 1. The van der Waals surface area contributed by atoms with E-state index in [1.165, 1.54) is 21.0 Å². The molecule has 0 aromatic rings. The Hall–Kier alpha value is -1.57. The summed E-state index contributed by atoms with van der Waals surface area (Å²) in [5.74, 6) is -1.29. The zero-order chi connectivity index (χ0) is 15.5. The zero-order valence-corrected chi connectivity index (χ0v) is 11.7. The molecule has 0 radical (unpaired) electrons.